The number of nitrogens with two attached hydrogens (primary N) is 1. The molecule has 0 saturated carbocycles. The van der Waals surface area contributed by atoms with E-state index < -0.39 is 0 Å². The molecule has 1 amide bonds. The number of anilines is 1. The zero-order chi connectivity index (χ0) is 13.0. The quantitative estimate of drug-likeness (QED) is 0.827. The van der Waals surface area contributed by atoms with Crippen LogP contribution in [0.25, 0.3) is 0 Å². The smallest absolute Gasteiger partial charge is 0.254 e. The summed E-state index contributed by atoms with van der Waals surface area (Å²) < 4.78 is 0. The van der Waals surface area contributed by atoms with Crippen LogP contribution in [0.3, 0.4) is 0 Å². The molecule has 5 heteroatoms. The van der Waals surface area contributed by atoms with Crippen LogP contribution in [0.4, 0.5) is 5.69 Å². The number of nitrogens with one attached hydrogen (secondary N) is 1. The van der Waals surface area contributed by atoms with Gasteiger partial charge in [-0.1, -0.05) is 0 Å². The number of nitrogen functional groups attached to an aromatic ring is 1. The van der Waals surface area contributed by atoms with E-state index in [2.05, 4.69) is 22.2 Å². The summed E-state index contributed by atoms with van der Waals surface area (Å²) in [4.78, 5) is 18.2. The van der Waals surface area contributed by atoms with Crippen molar-refractivity contribution in [3.8, 4) is 0 Å². The Morgan fingerprint density at radius 3 is 2.94 bits per heavy atom. The average Bonchev–Trinajstić information content (AvgIpc) is 2.38. The maximum absolute atomic E-state index is 11.9. The molecule has 0 radical (unpaired) electrons. The minimum absolute atomic E-state index is 0.125. The third kappa shape index (κ3) is 3.20. The average molecular weight is 248 g/mol. The van der Waals surface area contributed by atoms with Gasteiger partial charge in [-0.05, 0) is 45.0 Å². The van der Waals surface area contributed by atoms with Crippen molar-refractivity contribution in [1.29, 1.82) is 0 Å². The predicted molar refractivity (Wildman–Crippen MR) is 71.2 cm³/mol. The molecule has 1 aromatic heterocycles. The van der Waals surface area contributed by atoms with Gasteiger partial charge in [-0.3, -0.25) is 9.78 Å². The van der Waals surface area contributed by atoms with E-state index in [4.69, 9.17) is 5.73 Å². The largest absolute Gasteiger partial charge is 0.398 e. The van der Waals surface area contributed by atoms with Crippen LogP contribution >= 0.6 is 0 Å². The van der Waals surface area contributed by atoms with Crippen LogP contribution in [0.5, 0.6) is 0 Å². The van der Waals surface area contributed by atoms with Crippen LogP contribution < -0.4 is 11.1 Å². The number of pyridine rings is 1. The van der Waals surface area contributed by atoms with Crippen LogP contribution in [0.2, 0.25) is 0 Å². The van der Waals surface area contributed by atoms with Crippen LogP contribution in [0, 0.1) is 5.92 Å². The highest BCUT2D eigenvalue weighted by atomic mass is 16.1. The van der Waals surface area contributed by atoms with Crippen molar-refractivity contribution >= 4 is 11.6 Å². The molecular weight excluding hydrogens is 228 g/mol. The topological polar surface area (TPSA) is 71.2 Å². The number of aromatic nitrogens is 1. The summed E-state index contributed by atoms with van der Waals surface area (Å²) in [5.74, 6) is 0.447. The van der Waals surface area contributed by atoms with E-state index >= 15 is 0 Å². The van der Waals surface area contributed by atoms with Crippen LogP contribution in [0.1, 0.15) is 23.2 Å². The van der Waals surface area contributed by atoms with Crippen LogP contribution in [-0.4, -0.2) is 42.5 Å². The number of nitrogens with zero attached hydrogens (tertiary/aromatic N) is 2. The molecule has 0 spiro atoms. The first-order valence-electron chi connectivity index (χ1n) is 6.33. The van der Waals surface area contributed by atoms with E-state index in [-0.39, 0.29) is 5.91 Å². The lowest BCUT2D eigenvalue weighted by atomic mass is 9.97. The zero-order valence-electron chi connectivity index (χ0n) is 10.7. The van der Waals surface area contributed by atoms with Crippen molar-refractivity contribution in [3.05, 3.63) is 24.0 Å². The monoisotopic (exact) mass is 248 g/mol. The van der Waals surface area contributed by atoms with Gasteiger partial charge < -0.3 is 16.0 Å². The van der Waals surface area contributed by atoms with Crippen molar-refractivity contribution < 1.29 is 4.79 Å². The summed E-state index contributed by atoms with van der Waals surface area (Å²) in [5, 5.41) is 2.95. The molecule has 5 nitrogen and oxygen atoms in total. The van der Waals surface area contributed by atoms with E-state index in [1.165, 1.54) is 6.20 Å². The first kappa shape index (κ1) is 12.8. The van der Waals surface area contributed by atoms with Gasteiger partial charge in [0.05, 0.1) is 5.56 Å². The highest BCUT2D eigenvalue weighted by molar-refractivity contribution is 5.98. The second-order valence-corrected chi connectivity index (χ2v) is 4.92. The number of carbonyl (C=O) groups is 1. The zero-order valence-corrected chi connectivity index (χ0v) is 10.7. The molecule has 2 heterocycles. The Morgan fingerprint density at radius 1 is 1.56 bits per heavy atom. The molecule has 0 bridgehead atoms. The number of hydrogen-bond donors (Lipinski definition) is 2. The summed E-state index contributed by atoms with van der Waals surface area (Å²) in [6.07, 6.45) is 5.38. The lowest BCUT2D eigenvalue weighted by Gasteiger charge is -2.28. The number of amides is 1. The number of rotatable bonds is 3. The van der Waals surface area contributed by atoms with Gasteiger partial charge in [-0.15, -0.1) is 0 Å². The normalized spacial score (nSPS) is 17.6. The first-order valence-corrected chi connectivity index (χ1v) is 6.33. The summed E-state index contributed by atoms with van der Waals surface area (Å²) >= 11 is 0. The van der Waals surface area contributed by atoms with Gasteiger partial charge >= 0.3 is 0 Å². The fraction of sp³-hybridized carbons (Fsp3) is 0.538. The molecule has 1 aromatic rings. The predicted octanol–water partition coefficient (Wildman–Crippen LogP) is 0.735. The second kappa shape index (κ2) is 5.82. The van der Waals surface area contributed by atoms with Gasteiger partial charge in [0.25, 0.3) is 5.91 Å². The first-order chi connectivity index (χ1) is 8.66. The molecular formula is C13H20N4O. The molecule has 0 atom stereocenters. The Morgan fingerprint density at radius 2 is 2.28 bits per heavy atom. The number of piperidine rings is 1. The van der Waals surface area contributed by atoms with Gasteiger partial charge in [0, 0.05) is 24.6 Å². The molecule has 98 valence electrons. The molecule has 1 fully saturated rings. The molecule has 0 unspecified atom stereocenters. The maximum Gasteiger partial charge on any atom is 0.254 e. The van der Waals surface area contributed by atoms with Crippen molar-refractivity contribution in [3.63, 3.8) is 0 Å². The van der Waals surface area contributed by atoms with Crippen molar-refractivity contribution in [1.82, 2.24) is 15.2 Å². The fourth-order valence-electron chi connectivity index (χ4n) is 2.19. The molecule has 1 aliphatic heterocycles. The van der Waals surface area contributed by atoms with Gasteiger partial charge in [-0.2, -0.15) is 0 Å². The van der Waals surface area contributed by atoms with E-state index in [1.54, 1.807) is 12.3 Å². The highest BCUT2D eigenvalue weighted by Crippen LogP contribution is 2.15. The Balaban J connectivity index is 1.84. The Hall–Kier alpha value is -1.62. The van der Waals surface area contributed by atoms with E-state index in [0.29, 0.717) is 17.2 Å². The minimum atomic E-state index is -0.125. The summed E-state index contributed by atoms with van der Waals surface area (Å²) in [6, 6.07) is 1.64. The number of hydrogen-bond acceptors (Lipinski definition) is 4. The molecule has 0 aromatic carbocycles. The molecule has 3 N–H and O–H groups in total. The second-order valence-electron chi connectivity index (χ2n) is 4.92. The summed E-state index contributed by atoms with van der Waals surface area (Å²) in [5.41, 5.74) is 6.68. The Labute approximate surface area is 107 Å². The van der Waals surface area contributed by atoms with E-state index in [0.717, 1.165) is 32.5 Å². The fourth-order valence-corrected chi connectivity index (χ4v) is 2.19. The molecule has 0 aliphatic carbocycles. The van der Waals surface area contributed by atoms with E-state index in [9.17, 15) is 4.79 Å². The molecule has 2 rings (SSSR count). The van der Waals surface area contributed by atoms with Crippen molar-refractivity contribution in [2.75, 3.05) is 32.4 Å². The SMILES string of the molecule is CN1CCC(CNC(=O)c2cnccc2N)CC1. The lowest BCUT2D eigenvalue weighted by Crippen LogP contribution is -2.37. The summed E-state index contributed by atoms with van der Waals surface area (Å²) in [6.45, 7) is 2.94. The summed E-state index contributed by atoms with van der Waals surface area (Å²) in [7, 11) is 2.13. The highest BCUT2D eigenvalue weighted by Gasteiger charge is 2.18. The molecule has 1 saturated heterocycles. The Bertz CT molecular complexity index is 413. The standard InChI is InChI=1S/C13H20N4O/c1-17-6-3-10(4-7-17)8-16-13(18)11-9-15-5-2-12(11)14/h2,5,9-10H,3-4,6-8H2,1H3,(H2,14,15)(H,16,18). The van der Waals surface area contributed by atoms with Crippen molar-refractivity contribution in [2.45, 2.75) is 12.8 Å². The lowest BCUT2D eigenvalue weighted by molar-refractivity contribution is 0.0939. The van der Waals surface area contributed by atoms with E-state index in [1.807, 2.05) is 0 Å². The number of likely N-dealkylation sites (tertiary alicyclic amines) is 1. The van der Waals surface area contributed by atoms with Gasteiger partial charge in [0.2, 0.25) is 0 Å². The minimum Gasteiger partial charge on any atom is -0.398 e. The van der Waals surface area contributed by atoms with Gasteiger partial charge in [-0.25, -0.2) is 0 Å². The van der Waals surface area contributed by atoms with Crippen LogP contribution in [0.15, 0.2) is 18.5 Å². The van der Waals surface area contributed by atoms with Crippen molar-refractivity contribution in [2.24, 2.45) is 5.92 Å². The third-order valence-corrected chi connectivity index (χ3v) is 3.49. The van der Waals surface area contributed by atoms with Gasteiger partial charge in [0.15, 0.2) is 0 Å². The Kier molecular flexibility index (Phi) is 4.15. The number of carbonyl (C=O) groups excluding carboxylic acids is 1. The van der Waals surface area contributed by atoms with Crippen LogP contribution in [-0.2, 0) is 0 Å². The molecule has 18 heavy (non-hydrogen) atoms. The maximum atomic E-state index is 11.9. The molecule has 1 aliphatic rings. The third-order valence-electron chi connectivity index (χ3n) is 3.49. The van der Waals surface area contributed by atoms with Gasteiger partial charge in [0.1, 0.15) is 0 Å².